The summed E-state index contributed by atoms with van der Waals surface area (Å²) in [6.45, 7) is 13.1. The molecule has 0 saturated carbocycles. The van der Waals surface area contributed by atoms with Crippen LogP contribution in [0.1, 0.15) is 63.0 Å². The Balaban J connectivity index is 2.20. The van der Waals surface area contributed by atoms with Gasteiger partial charge in [0, 0.05) is 11.1 Å². The van der Waals surface area contributed by atoms with Crippen molar-refractivity contribution >= 4 is 17.1 Å². The van der Waals surface area contributed by atoms with Gasteiger partial charge in [-0.1, -0.05) is 47.6 Å². The van der Waals surface area contributed by atoms with Gasteiger partial charge in [-0.25, -0.2) is 9.78 Å². The number of fused-ring (bicyclic) bond motifs is 1. The fraction of sp³-hybridized carbons (Fsp3) is 0.364. The van der Waals surface area contributed by atoms with Crippen LogP contribution < -0.4 is 0 Å². The summed E-state index contributed by atoms with van der Waals surface area (Å²) in [4.78, 5) is 15.7. The van der Waals surface area contributed by atoms with E-state index in [9.17, 15) is 4.79 Å². The Bertz CT molecular complexity index is 968. The molecule has 0 spiro atoms. The van der Waals surface area contributed by atoms with E-state index in [2.05, 4.69) is 53.7 Å². The second-order valence-electron chi connectivity index (χ2n) is 8.77. The van der Waals surface area contributed by atoms with Crippen LogP contribution in [0.3, 0.4) is 0 Å². The maximum atomic E-state index is 11.0. The summed E-state index contributed by atoms with van der Waals surface area (Å²) >= 11 is 0. The standard InChI is InChI=1S/C22H25NO3/c1-21(2,3)15-11-16(22(4,5)6)18-17(12-15)23-19(26-18)13-7-9-14(10-8-13)20(24)25/h7-12H,1-6H3,(H,24,25). The zero-order chi connectivity index (χ0) is 19.3. The molecule has 0 amide bonds. The van der Waals surface area contributed by atoms with Gasteiger partial charge in [-0.3, -0.25) is 0 Å². The first-order valence-corrected chi connectivity index (χ1v) is 8.76. The van der Waals surface area contributed by atoms with Gasteiger partial charge >= 0.3 is 5.97 Å². The molecule has 4 heteroatoms. The van der Waals surface area contributed by atoms with Crippen molar-refractivity contribution < 1.29 is 14.3 Å². The Labute approximate surface area is 153 Å². The van der Waals surface area contributed by atoms with Gasteiger partial charge in [-0.05, 0) is 46.7 Å². The van der Waals surface area contributed by atoms with Crippen LogP contribution in [0.15, 0.2) is 40.8 Å². The van der Waals surface area contributed by atoms with Crippen LogP contribution >= 0.6 is 0 Å². The Morgan fingerprint density at radius 3 is 2.08 bits per heavy atom. The molecule has 136 valence electrons. The minimum atomic E-state index is -0.945. The largest absolute Gasteiger partial charge is 0.478 e. The van der Waals surface area contributed by atoms with E-state index >= 15 is 0 Å². The number of carboxylic acids is 1. The Kier molecular flexibility index (Phi) is 4.18. The van der Waals surface area contributed by atoms with Crippen LogP contribution in [0.5, 0.6) is 0 Å². The molecule has 3 aromatic rings. The molecule has 2 aromatic carbocycles. The fourth-order valence-electron chi connectivity index (χ4n) is 2.90. The molecule has 0 aliphatic heterocycles. The molecule has 0 atom stereocenters. The van der Waals surface area contributed by atoms with Crippen LogP contribution in [0.25, 0.3) is 22.6 Å². The average Bonchev–Trinajstić information content (AvgIpc) is 2.96. The van der Waals surface area contributed by atoms with Crippen LogP contribution in [0.2, 0.25) is 0 Å². The minimum absolute atomic E-state index is 0.0104. The topological polar surface area (TPSA) is 63.3 Å². The summed E-state index contributed by atoms with van der Waals surface area (Å²) in [5, 5.41) is 9.05. The van der Waals surface area contributed by atoms with Gasteiger partial charge in [0.25, 0.3) is 0 Å². The number of oxazole rings is 1. The summed E-state index contributed by atoms with van der Waals surface area (Å²) in [6, 6.07) is 10.9. The molecule has 1 aromatic heterocycles. The van der Waals surface area contributed by atoms with Crippen molar-refractivity contribution in [2.45, 2.75) is 52.4 Å². The van der Waals surface area contributed by atoms with E-state index in [1.165, 1.54) is 5.56 Å². The van der Waals surface area contributed by atoms with Crippen LogP contribution in [0, 0.1) is 0 Å². The molecule has 3 rings (SSSR count). The van der Waals surface area contributed by atoms with Crippen molar-refractivity contribution in [2.75, 3.05) is 0 Å². The number of carboxylic acid groups (broad SMARTS) is 1. The lowest BCUT2D eigenvalue weighted by Crippen LogP contribution is -2.16. The maximum absolute atomic E-state index is 11.0. The van der Waals surface area contributed by atoms with Crippen molar-refractivity contribution in [1.29, 1.82) is 0 Å². The Morgan fingerprint density at radius 2 is 1.58 bits per heavy atom. The number of carbonyl (C=O) groups is 1. The number of nitrogens with zero attached hydrogens (tertiary/aromatic N) is 1. The molecule has 0 bridgehead atoms. The molecule has 0 saturated heterocycles. The third-order valence-corrected chi connectivity index (χ3v) is 4.54. The summed E-state index contributed by atoms with van der Waals surface area (Å²) < 4.78 is 6.12. The predicted octanol–water partition coefficient (Wildman–Crippen LogP) is 5.79. The number of aromatic nitrogens is 1. The second kappa shape index (κ2) is 5.97. The third kappa shape index (κ3) is 3.36. The molecule has 1 heterocycles. The van der Waals surface area contributed by atoms with E-state index in [0.717, 1.165) is 22.2 Å². The monoisotopic (exact) mass is 351 g/mol. The van der Waals surface area contributed by atoms with Gasteiger partial charge in [0.15, 0.2) is 5.58 Å². The van der Waals surface area contributed by atoms with Crippen LogP contribution in [-0.2, 0) is 10.8 Å². The van der Waals surface area contributed by atoms with Crippen LogP contribution in [-0.4, -0.2) is 16.1 Å². The second-order valence-corrected chi connectivity index (χ2v) is 8.77. The highest BCUT2D eigenvalue weighted by molar-refractivity contribution is 5.88. The van der Waals surface area contributed by atoms with Gasteiger partial charge in [0.05, 0.1) is 5.56 Å². The molecular weight excluding hydrogens is 326 g/mol. The lowest BCUT2D eigenvalue weighted by Gasteiger charge is -2.24. The smallest absolute Gasteiger partial charge is 0.335 e. The Morgan fingerprint density at radius 1 is 0.962 bits per heavy atom. The summed E-state index contributed by atoms with van der Waals surface area (Å²) in [5.74, 6) is -0.438. The van der Waals surface area contributed by atoms with E-state index in [0.29, 0.717) is 5.89 Å². The quantitative estimate of drug-likeness (QED) is 0.635. The average molecular weight is 351 g/mol. The number of benzene rings is 2. The van der Waals surface area contributed by atoms with Gasteiger partial charge in [-0.2, -0.15) is 0 Å². The fourth-order valence-corrected chi connectivity index (χ4v) is 2.90. The molecule has 0 radical (unpaired) electrons. The molecule has 26 heavy (non-hydrogen) atoms. The summed E-state index contributed by atoms with van der Waals surface area (Å²) in [5.41, 5.74) is 4.91. The van der Waals surface area contributed by atoms with Gasteiger partial charge in [0.1, 0.15) is 5.52 Å². The van der Waals surface area contributed by atoms with E-state index in [1.54, 1.807) is 24.3 Å². The molecule has 4 nitrogen and oxygen atoms in total. The zero-order valence-corrected chi connectivity index (χ0v) is 16.2. The van der Waals surface area contributed by atoms with Gasteiger partial charge < -0.3 is 9.52 Å². The van der Waals surface area contributed by atoms with Crippen molar-refractivity contribution in [3.05, 3.63) is 53.1 Å². The number of aromatic carboxylic acids is 1. The van der Waals surface area contributed by atoms with Crippen molar-refractivity contribution in [2.24, 2.45) is 0 Å². The molecule has 0 aliphatic rings. The lowest BCUT2D eigenvalue weighted by molar-refractivity contribution is 0.0697. The first kappa shape index (κ1) is 18.2. The molecular formula is C22H25NO3. The van der Waals surface area contributed by atoms with Crippen molar-refractivity contribution in [3.8, 4) is 11.5 Å². The van der Waals surface area contributed by atoms with Crippen LogP contribution in [0.4, 0.5) is 0 Å². The number of hydrogen-bond acceptors (Lipinski definition) is 3. The first-order valence-electron chi connectivity index (χ1n) is 8.76. The van der Waals surface area contributed by atoms with E-state index < -0.39 is 5.97 Å². The molecule has 0 aliphatic carbocycles. The lowest BCUT2D eigenvalue weighted by atomic mass is 9.80. The normalized spacial score (nSPS) is 12.5. The highest BCUT2D eigenvalue weighted by atomic mass is 16.4. The molecule has 0 fully saturated rings. The van der Waals surface area contributed by atoms with E-state index in [4.69, 9.17) is 14.5 Å². The number of rotatable bonds is 2. The highest BCUT2D eigenvalue weighted by Gasteiger charge is 2.25. The predicted molar refractivity (Wildman–Crippen MR) is 104 cm³/mol. The Hall–Kier alpha value is -2.62. The SMILES string of the molecule is CC(C)(C)c1cc(C(C)(C)C)c2oc(-c3ccc(C(=O)O)cc3)nc2c1. The zero-order valence-electron chi connectivity index (χ0n) is 16.2. The van der Waals surface area contributed by atoms with Gasteiger partial charge in [0.2, 0.25) is 5.89 Å². The van der Waals surface area contributed by atoms with E-state index in [1.807, 2.05) is 0 Å². The number of hydrogen-bond donors (Lipinski definition) is 1. The maximum Gasteiger partial charge on any atom is 0.335 e. The van der Waals surface area contributed by atoms with Crippen molar-refractivity contribution in [1.82, 2.24) is 4.98 Å². The summed E-state index contributed by atoms with van der Waals surface area (Å²) in [6.07, 6.45) is 0. The first-order chi connectivity index (χ1) is 12.0. The molecule has 0 unspecified atom stereocenters. The van der Waals surface area contributed by atoms with Gasteiger partial charge in [-0.15, -0.1) is 0 Å². The highest BCUT2D eigenvalue weighted by Crippen LogP contribution is 2.37. The minimum Gasteiger partial charge on any atom is -0.478 e. The van der Waals surface area contributed by atoms with Crippen molar-refractivity contribution in [3.63, 3.8) is 0 Å². The molecule has 1 N–H and O–H groups in total. The summed E-state index contributed by atoms with van der Waals surface area (Å²) in [7, 11) is 0. The third-order valence-electron chi connectivity index (χ3n) is 4.54. The van der Waals surface area contributed by atoms with E-state index in [-0.39, 0.29) is 16.4 Å².